The van der Waals surface area contributed by atoms with Crippen molar-refractivity contribution in [1.29, 1.82) is 0 Å². The molecule has 1 heterocycles. The minimum atomic E-state index is -0.337. The molecule has 3 rings (SSSR count). The Kier molecular flexibility index (Phi) is 7.57. The number of aryl methyl sites for hydroxylation is 1. The number of carbonyl (C=O) groups excluding carboxylic acids is 1. The van der Waals surface area contributed by atoms with E-state index in [4.69, 9.17) is 9.47 Å². The number of nitrogens with zero attached hydrogens (tertiary/aromatic N) is 3. The quantitative estimate of drug-likeness (QED) is 0.478. The minimum absolute atomic E-state index is 0.0767. The predicted molar refractivity (Wildman–Crippen MR) is 123 cm³/mol. The maximum Gasteiger partial charge on any atom is 0.237 e. The second-order valence-electron chi connectivity index (χ2n) is 7.09. The number of rotatable bonds is 9. The number of para-hydroxylation sites is 1. The zero-order chi connectivity index (χ0) is 22.4. The topological polar surface area (TPSA) is 78.3 Å². The summed E-state index contributed by atoms with van der Waals surface area (Å²) in [4.78, 5) is 12.7. The smallest absolute Gasteiger partial charge is 0.237 e. The fourth-order valence-electron chi connectivity index (χ4n) is 3.08. The lowest BCUT2D eigenvalue weighted by molar-refractivity contribution is -0.115. The highest BCUT2D eigenvalue weighted by atomic mass is 32.2. The van der Waals surface area contributed by atoms with E-state index in [9.17, 15) is 4.79 Å². The molecule has 0 bridgehead atoms. The molecule has 3 aromatic rings. The van der Waals surface area contributed by atoms with Gasteiger partial charge in [0.15, 0.2) is 17.1 Å². The Morgan fingerprint density at radius 3 is 2.58 bits per heavy atom. The Morgan fingerprint density at radius 1 is 1.13 bits per heavy atom. The number of nitrogens with one attached hydrogen (secondary N) is 1. The van der Waals surface area contributed by atoms with Gasteiger partial charge in [0.05, 0.1) is 12.4 Å². The highest BCUT2D eigenvalue weighted by Crippen LogP contribution is 2.28. The second kappa shape index (κ2) is 10.3. The van der Waals surface area contributed by atoms with Gasteiger partial charge < -0.3 is 19.4 Å². The van der Waals surface area contributed by atoms with Gasteiger partial charge in [-0.05, 0) is 51.5 Å². The van der Waals surface area contributed by atoms with E-state index in [-0.39, 0.29) is 17.3 Å². The van der Waals surface area contributed by atoms with Crippen LogP contribution in [0.1, 0.15) is 38.3 Å². The van der Waals surface area contributed by atoms with Crippen molar-refractivity contribution < 1.29 is 14.3 Å². The summed E-state index contributed by atoms with van der Waals surface area (Å²) in [6.45, 7) is 8.45. The van der Waals surface area contributed by atoms with E-state index in [1.54, 1.807) is 7.11 Å². The molecule has 0 saturated carbocycles. The molecular formula is C23H28N4O3S. The van der Waals surface area contributed by atoms with Gasteiger partial charge in [-0.3, -0.25) is 4.79 Å². The second-order valence-corrected chi connectivity index (χ2v) is 8.40. The number of amides is 1. The third kappa shape index (κ3) is 5.58. The van der Waals surface area contributed by atoms with Crippen LogP contribution in [0.25, 0.3) is 0 Å². The average molecular weight is 441 g/mol. The maximum atomic E-state index is 12.7. The van der Waals surface area contributed by atoms with Crippen molar-refractivity contribution in [3.8, 4) is 11.5 Å². The van der Waals surface area contributed by atoms with Crippen LogP contribution in [0.3, 0.4) is 0 Å². The number of thioether (sulfide) groups is 1. The van der Waals surface area contributed by atoms with Crippen molar-refractivity contribution in [2.24, 2.45) is 0 Å². The van der Waals surface area contributed by atoms with Crippen LogP contribution < -0.4 is 14.8 Å². The van der Waals surface area contributed by atoms with E-state index in [1.807, 2.05) is 80.8 Å². The minimum Gasteiger partial charge on any atom is -0.497 e. The lowest BCUT2D eigenvalue weighted by atomic mass is 10.2. The van der Waals surface area contributed by atoms with Crippen molar-refractivity contribution in [2.45, 2.75) is 50.8 Å². The number of ether oxygens (including phenoxy) is 2. The van der Waals surface area contributed by atoms with Crippen LogP contribution in [0.15, 0.2) is 53.7 Å². The summed E-state index contributed by atoms with van der Waals surface area (Å²) in [5, 5.41) is 12.0. The van der Waals surface area contributed by atoms with Crippen LogP contribution >= 0.6 is 11.8 Å². The summed E-state index contributed by atoms with van der Waals surface area (Å²) in [6.07, 6.45) is -0.315. The number of hydrogen-bond donors (Lipinski definition) is 1. The van der Waals surface area contributed by atoms with Gasteiger partial charge in [0, 0.05) is 18.3 Å². The highest BCUT2D eigenvalue weighted by Gasteiger charge is 2.23. The number of methoxy groups -OCH3 is 1. The van der Waals surface area contributed by atoms with Gasteiger partial charge in [0.1, 0.15) is 11.5 Å². The summed E-state index contributed by atoms with van der Waals surface area (Å²) < 4.78 is 13.3. The van der Waals surface area contributed by atoms with Gasteiger partial charge in [-0.25, -0.2) is 0 Å². The summed E-state index contributed by atoms with van der Waals surface area (Å²) >= 11 is 1.38. The molecule has 0 fully saturated rings. The highest BCUT2D eigenvalue weighted by molar-refractivity contribution is 8.00. The molecule has 0 radical (unpaired) electrons. The van der Waals surface area contributed by atoms with Crippen LogP contribution in [0.5, 0.6) is 11.5 Å². The first kappa shape index (κ1) is 22.7. The molecule has 0 saturated heterocycles. The van der Waals surface area contributed by atoms with Crippen LogP contribution in [-0.2, 0) is 11.3 Å². The predicted octanol–water partition coefficient (Wildman–Crippen LogP) is 4.87. The molecule has 1 N–H and O–H groups in total. The Morgan fingerprint density at radius 2 is 1.87 bits per heavy atom. The lowest BCUT2D eigenvalue weighted by Gasteiger charge is -2.17. The van der Waals surface area contributed by atoms with Crippen molar-refractivity contribution >= 4 is 23.4 Å². The van der Waals surface area contributed by atoms with Crippen LogP contribution in [0.2, 0.25) is 0 Å². The SMILES string of the molecule is CCn1c(SC(C)C(=O)Nc2ccccc2C)nnc1C(C)Oc1cccc(OC)c1. The van der Waals surface area contributed by atoms with Gasteiger partial charge in [-0.2, -0.15) is 0 Å². The summed E-state index contributed by atoms with van der Waals surface area (Å²) in [5.74, 6) is 2.05. The molecule has 2 atom stereocenters. The zero-order valence-corrected chi connectivity index (χ0v) is 19.3. The molecule has 0 spiro atoms. The molecule has 8 heteroatoms. The number of carbonyl (C=O) groups is 1. The summed E-state index contributed by atoms with van der Waals surface area (Å²) in [7, 11) is 1.62. The number of hydrogen-bond acceptors (Lipinski definition) is 6. The lowest BCUT2D eigenvalue weighted by Crippen LogP contribution is -2.23. The van der Waals surface area contributed by atoms with E-state index < -0.39 is 0 Å². The molecule has 1 amide bonds. The zero-order valence-electron chi connectivity index (χ0n) is 18.5. The summed E-state index contributed by atoms with van der Waals surface area (Å²) in [6, 6.07) is 15.2. The van der Waals surface area contributed by atoms with Gasteiger partial charge in [0.25, 0.3) is 0 Å². The van der Waals surface area contributed by atoms with Gasteiger partial charge in [-0.15, -0.1) is 10.2 Å². The molecule has 31 heavy (non-hydrogen) atoms. The fourth-order valence-corrected chi connectivity index (χ4v) is 4.00. The molecule has 0 aliphatic carbocycles. The molecule has 0 aliphatic rings. The Labute approximate surface area is 187 Å². The van der Waals surface area contributed by atoms with E-state index >= 15 is 0 Å². The first-order valence-corrected chi connectivity index (χ1v) is 11.1. The van der Waals surface area contributed by atoms with Crippen molar-refractivity contribution in [3.63, 3.8) is 0 Å². The third-order valence-corrected chi connectivity index (χ3v) is 5.91. The number of aromatic nitrogens is 3. The van der Waals surface area contributed by atoms with Gasteiger partial charge in [-0.1, -0.05) is 36.0 Å². The van der Waals surface area contributed by atoms with Crippen molar-refractivity contribution in [2.75, 3.05) is 12.4 Å². The standard InChI is InChI=1S/C23H28N4O3S/c1-6-27-21(16(3)30-19-12-9-11-18(14-19)29-5)25-26-23(27)31-17(4)22(28)24-20-13-8-7-10-15(20)2/h7-14,16-17H,6H2,1-5H3,(H,24,28). The molecule has 7 nitrogen and oxygen atoms in total. The fraction of sp³-hybridized carbons (Fsp3) is 0.348. The van der Waals surface area contributed by atoms with Gasteiger partial charge >= 0.3 is 0 Å². The van der Waals surface area contributed by atoms with E-state index in [1.165, 1.54) is 11.8 Å². The van der Waals surface area contributed by atoms with E-state index in [0.29, 0.717) is 23.3 Å². The molecule has 2 unspecified atom stereocenters. The van der Waals surface area contributed by atoms with Crippen molar-refractivity contribution in [1.82, 2.24) is 14.8 Å². The summed E-state index contributed by atoms with van der Waals surface area (Å²) in [5.41, 5.74) is 1.84. The molecule has 164 valence electrons. The number of benzene rings is 2. The third-order valence-electron chi connectivity index (χ3n) is 4.83. The van der Waals surface area contributed by atoms with Crippen LogP contribution in [0.4, 0.5) is 5.69 Å². The Hall–Kier alpha value is -3.00. The van der Waals surface area contributed by atoms with Crippen LogP contribution in [-0.4, -0.2) is 33.0 Å². The molecule has 1 aromatic heterocycles. The maximum absolute atomic E-state index is 12.7. The molecule has 0 aliphatic heterocycles. The van der Waals surface area contributed by atoms with Crippen LogP contribution in [0, 0.1) is 6.92 Å². The Bertz CT molecular complexity index is 1040. The molecular weight excluding hydrogens is 412 g/mol. The normalized spacial score (nSPS) is 12.8. The van der Waals surface area contributed by atoms with E-state index in [0.717, 1.165) is 17.0 Å². The van der Waals surface area contributed by atoms with Gasteiger partial charge in [0.2, 0.25) is 5.91 Å². The first-order chi connectivity index (χ1) is 14.9. The first-order valence-electron chi connectivity index (χ1n) is 10.2. The largest absolute Gasteiger partial charge is 0.497 e. The van der Waals surface area contributed by atoms with Crippen molar-refractivity contribution in [3.05, 3.63) is 59.9 Å². The monoisotopic (exact) mass is 440 g/mol. The molecule has 2 aromatic carbocycles. The average Bonchev–Trinajstić information content (AvgIpc) is 3.18. The number of anilines is 1. The Balaban J connectivity index is 1.70. The van der Waals surface area contributed by atoms with E-state index in [2.05, 4.69) is 15.5 Å².